The predicted molar refractivity (Wildman–Crippen MR) is 93.4 cm³/mol. The summed E-state index contributed by atoms with van der Waals surface area (Å²) in [7, 11) is 1.75. The van der Waals surface area contributed by atoms with Crippen molar-refractivity contribution in [3.8, 4) is 0 Å². The third-order valence-corrected chi connectivity index (χ3v) is 4.51. The van der Waals surface area contributed by atoms with Crippen LogP contribution in [0.1, 0.15) is 12.0 Å². The number of nitrogens with zero attached hydrogens (tertiary/aromatic N) is 3. The van der Waals surface area contributed by atoms with E-state index in [1.54, 1.807) is 7.11 Å². The Hall–Kier alpha value is -2.33. The number of hydrogen-bond acceptors (Lipinski definition) is 3. The van der Waals surface area contributed by atoms with Gasteiger partial charge < -0.3 is 14.2 Å². The summed E-state index contributed by atoms with van der Waals surface area (Å²) in [5, 5.41) is 0. The number of hydrogen-bond donors (Lipinski definition) is 0. The number of fused-ring (bicyclic) bond motifs is 2. The van der Waals surface area contributed by atoms with Gasteiger partial charge in [-0.3, -0.25) is 0 Å². The van der Waals surface area contributed by atoms with Crippen LogP contribution in [0.15, 0.2) is 48.5 Å². The van der Waals surface area contributed by atoms with Gasteiger partial charge in [-0.15, -0.1) is 0 Å². The number of anilines is 2. The van der Waals surface area contributed by atoms with Gasteiger partial charge in [0.25, 0.3) is 0 Å². The van der Waals surface area contributed by atoms with E-state index < -0.39 is 0 Å². The van der Waals surface area contributed by atoms with Crippen molar-refractivity contribution in [3.63, 3.8) is 0 Å². The maximum Gasteiger partial charge on any atom is 0.211 e. The van der Waals surface area contributed by atoms with Gasteiger partial charge in [0, 0.05) is 25.9 Å². The van der Waals surface area contributed by atoms with Gasteiger partial charge in [0.05, 0.1) is 17.6 Å². The molecule has 0 unspecified atom stereocenters. The van der Waals surface area contributed by atoms with E-state index in [4.69, 9.17) is 9.72 Å². The minimum atomic E-state index is 0.683. The average Bonchev–Trinajstić information content (AvgIpc) is 2.98. The number of methoxy groups -OCH3 is 1. The molecule has 2 heterocycles. The van der Waals surface area contributed by atoms with Gasteiger partial charge in [-0.05, 0) is 36.6 Å². The molecule has 0 aliphatic carbocycles. The van der Waals surface area contributed by atoms with Gasteiger partial charge in [-0.2, -0.15) is 0 Å². The van der Waals surface area contributed by atoms with Crippen LogP contribution in [-0.4, -0.2) is 29.8 Å². The summed E-state index contributed by atoms with van der Waals surface area (Å²) in [5.74, 6) is 1.02. The SMILES string of the molecule is COCCn1c(N2CCCc3ccccc32)nc2ccccc21. The molecule has 0 saturated carbocycles. The Morgan fingerprint density at radius 1 is 1.09 bits per heavy atom. The lowest BCUT2D eigenvalue weighted by Crippen LogP contribution is -2.27. The van der Waals surface area contributed by atoms with Crippen LogP contribution in [0.25, 0.3) is 11.0 Å². The number of benzene rings is 2. The zero-order valence-electron chi connectivity index (χ0n) is 13.4. The summed E-state index contributed by atoms with van der Waals surface area (Å²) in [4.78, 5) is 7.28. The summed E-state index contributed by atoms with van der Waals surface area (Å²) in [6, 6.07) is 17.0. The Morgan fingerprint density at radius 3 is 2.83 bits per heavy atom. The van der Waals surface area contributed by atoms with E-state index in [2.05, 4.69) is 51.9 Å². The number of aryl methyl sites for hydroxylation is 1. The van der Waals surface area contributed by atoms with Gasteiger partial charge in [0.1, 0.15) is 0 Å². The highest BCUT2D eigenvalue weighted by atomic mass is 16.5. The molecule has 1 aromatic heterocycles. The summed E-state index contributed by atoms with van der Waals surface area (Å²) in [6.07, 6.45) is 2.30. The third kappa shape index (κ3) is 2.49. The molecule has 3 aromatic rings. The summed E-state index contributed by atoms with van der Waals surface area (Å²) in [6.45, 7) is 2.50. The Balaban J connectivity index is 1.85. The lowest BCUT2D eigenvalue weighted by atomic mass is 10.0. The van der Waals surface area contributed by atoms with Crippen molar-refractivity contribution in [2.24, 2.45) is 0 Å². The first-order valence-corrected chi connectivity index (χ1v) is 8.18. The van der Waals surface area contributed by atoms with Crippen molar-refractivity contribution in [1.82, 2.24) is 9.55 Å². The van der Waals surface area contributed by atoms with Crippen molar-refractivity contribution in [2.75, 3.05) is 25.2 Å². The first-order valence-electron chi connectivity index (χ1n) is 8.18. The molecule has 4 rings (SSSR count). The fourth-order valence-corrected chi connectivity index (χ4v) is 3.41. The fourth-order valence-electron chi connectivity index (χ4n) is 3.41. The molecular weight excluding hydrogens is 286 g/mol. The Morgan fingerprint density at radius 2 is 1.91 bits per heavy atom. The van der Waals surface area contributed by atoms with E-state index in [-0.39, 0.29) is 0 Å². The van der Waals surface area contributed by atoms with E-state index in [1.165, 1.54) is 16.8 Å². The van der Waals surface area contributed by atoms with Crippen LogP contribution in [0, 0.1) is 0 Å². The Bertz CT molecular complexity index is 824. The second-order valence-corrected chi connectivity index (χ2v) is 5.93. The molecule has 2 aromatic carbocycles. The summed E-state index contributed by atoms with van der Waals surface area (Å²) in [5.41, 5.74) is 4.90. The largest absolute Gasteiger partial charge is 0.383 e. The number of rotatable bonds is 4. The quantitative estimate of drug-likeness (QED) is 0.735. The normalized spacial score (nSPS) is 14.2. The second-order valence-electron chi connectivity index (χ2n) is 5.93. The molecule has 0 spiro atoms. The lowest BCUT2D eigenvalue weighted by Gasteiger charge is -2.30. The summed E-state index contributed by atoms with van der Waals surface area (Å²) >= 11 is 0. The van der Waals surface area contributed by atoms with Gasteiger partial charge in [0.15, 0.2) is 0 Å². The van der Waals surface area contributed by atoms with E-state index in [0.717, 1.165) is 37.4 Å². The van der Waals surface area contributed by atoms with Crippen molar-refractivity contribution < 1.29 is 4.74 Å². The van der Waals surface area contributed by atoms with Crippen LogP contribution in [0.3, 0.4) is 0 Å². The number of aromatic nitrogens is 2. The van der Waals surface area contributed by atoms with Crippen molar-refractivity contribution in [3.05, 3.63) is 54.1 Å². The minimum Gasteiger partial charge on any atom is -0.383 e. The average molecular weight is 307 g/mol. The molecule has 0 amide bonds. The molecule has 4 heteroatoms. The molecule has 1 aliphatic rings. The molecule has 4 nitrogen and oxygen atoms in total. The number of para-hydroxylation sites is 3. The lowest BCUT2D eigenvalue weighted by molar-refractivity contribution is 0.188. The van der Waals surface area contributed by atoms with E-state index in [9.17, 15) is 0 Å². The number of ether oxygens (including phenoxy) is 1. The highest BCUT2D eigenvalue weighted by Gasteiger charge is 2.23. The molecule has 0 fully saturated rings. The van der Waals surface area contributed by atoms with Gasteiger partial charge in [-0.1, -0.05) is 30.3 Å². The smallest absolute Gasteiger partial charge is 0.211 e. The first kappa shape index (κ1) is 14.3. The highest BCUT2D eigenvalue weighted by Crippen LogP contribution is 2.34. The van der Waals surface area contributed by atoms with E-state index >= 15 is 0 Å². The molecule has 1 aliphatic heterocycles. The summed E-state index contributed by atoms with van der Waals surface area (Å²) < 4.78 is 7.59. The molecule has 0 bridgehead atoms. The molecule has 0 N–H and O–H groups in total. The van der Waals surface area contributed by atoms with Crippen molar-refractivity contribution in [1.29, 1.82) is 0 Å². The molecule has 0 saturated heterocycles. The standard InChI is InChI=1S/C19H21N3O/c1-23-14-13-22-18-11-5-3-9-16(18)20-19(22)21-12-6-8-15-7-2-4-10-17(15)21/h2-5,7,9-11H,6,8,12-14H2,1H3. The van der Waals surface area contributed by atoms with Gasteiger partial charge in [-0.25, -0.2) is 4.98 Å². The number of imidazole rings is 1. The minimum absolute atomic E-state index is 0.683. The van der Waals surface area contributed by atoms with E-state index in [1.807, 2.05) is 6.07 Å². The fraction of sp³-hybridized carbons (Fsp3) is 0.316. The van der Waals surface area contributed by atoms with Crippen molar-refractivity contribution in [2.45, 2.75) is 19.4 Å². The first-order chi connectivity index (χ1) is 11.4. The van der Waals surface area contributed by atoms with Gasteiger partial charge >= 0.3 is 0 Å². The Kier molecular flexibility index (Phi) is 3.75. The maximum atomic E-state index is 5.31. The topological polar surface area (TPSA) is 30.3 Å². The van der Waals surface area contributed by atoms with Crippen LogP contribution in [-0.2, 0) is 17.7 Å². The monoisotopic (exact) mass is 307 g/mol. The predicted octanol–water partition coefficient (Wildman–Crippen LogP) is 3.77. The maximum absolute atomic E-state index is 5.31. The van der Waals surface area contributed by atoms with Crippen LogP contribution in [0.2, 0.25) is 0 Å². The molecule has 0 atom stereocenters. The zero-order valence-corrected chi connectivity index (χ0v) is 13.4. The zero-order chi connectivity index (χ0) is 15.6. The van der Waals surface area contributed by atoms with Crippen LogP contribution < -0.4 is 4.90 Å². The molecular formula is C19H21N3O. The molecule has 118 valence electrons. The van der Waals surface area contributed by atoms with E-state index in [0.29, 0.717) is 6.61 Å². The molecule has 23 heavy (non-hydrogen) atoms. The highest BCUT2D eigenvalue weighted by molar-refractivity contribution is 5.80. The Labute approximate surface area is 136 Å². The van der Waals surface area contributed by atoms with Gasteiger partial charge in [0.2, 0.25) is 5.95 Å². The third-order valence-electron chi connectivity index (χ3n) is 4.51. The van der Waals surface area contributed by atoms with Crippen LogP contribution in [0.5, 0.6) is 0 Å². The van der Waals surface area contributed by atoms with Crippen LogP contribution in [0.4, 0.5) is 11.6 Å². The van der Waals surface area contributed by atoms with Crippen LogP contribution >= 0.6 is 0 Å². The second kappa shape index (κ2) is 6.05. The molecule has 0 radical (unpaired) electrons. The van der Waals surface area contributed by atoms with Crippen molar-refractivity contribution >= 4 is 22.7 Å².